The van der Waals surface area contributed by atoms with Crippen LogP contribution in [0.4, 0.5) is 0 Å². The standard InChI is InChI=1S/C28H34N4O7S/c1-17(2)13-22(31-28(35)25-15-19-14-20(38-4)9-11-24(19)39-25)27(34)30-21-10-8-18(3)32(16-23(21)33)40(36,37)26-7-5-6-12-29-26/h5-7,9,11-12,14-15,17-18,21-22H,8,10,13,16H2,1-4H3,(H,30,34)(H,31,35)/t18-,21+,22+/m1/s1. The highest BCUT2D eigenvalue weighted by molar-refractivity contribution is 7.89. The predicted octanol–water partition coefficient (Wildman–Crippen LogP) is 2.91. The Morgan fingerprint density at radius 2 is 1.95 bits per heavy atom. The summed E-state index contributed by atoms with van der Waals surface area (Å²) in [5.74, 6) is -0.806. The quantitative estimate of drug-likeness (QED) is 0.399. The van der Waals surface area contributed by atoms with E-state index in [2.05, 4.69) is 15.6 Å². The molecule has 2 aromatic heterocycles. The summed E-state index contributed by atoms with van der Waals surface area (Å²) >= 11 is 0. The minimum Gasteiger partial charge on any atom is -0.497 e. The van der Waals surface area contributed by atoms with Gasteiger partial charge >= 0.3 is 0 Å². The van der Waals surface area contributed by atoms with E-state index >= 15 is 0 Å². The van der Waals surface area contributed by atoms with Crippen LogP contribution in [0.2, 0.25) is 0 Å². The summed E-state index contributed by atoms with van der Waals surface area (Å²) in [6.07, 6.45) is 2.31. The molecule has 0 spiro atoms. The van der Waals surface area contributed by atoms with E-state index in [0.717, 1.165) is 4.31 Å². The molecule has 2 amide bonds. The highest BCUT2D eigenvalue weighted by Crippen LogP contribution is 2.25. The summed E-state index contributed by atoms with van der Waals surface area (Å²) in [5.41, 5.74) is 0.499. The van der Waals surface area contributed by atoms with Gasteiger partial charge in [-0.1, -0.05) is 19.9 Å². The molecule has 3 aromatic rings. The van der Waals surface area contributed by atoms with E-state index in [9.17, 15) is 22.8 Å². The number of sulfonamides is 1. The molecule has 11 nitrogen and oxygen atoms in total. The third-order valence-electron chi connectivity index (χ3n) is 6.87. The molecule has 0 aliphatic carbocycles. The Balaban J connectivity index is 1.47. The number of carbonyl (C=O) groups excluding carboxylic acids is 3. The van der Waals surface area contributed by atoms with Crippen LogP contribution >= 0.6 is 0 Å². The number of carbonyl (C=O) groups is 3. The van der Waals surface area contributed by atoms with Crippen LogP contribution in [0.5, 0.6) is 5.75 Å². The van der Waals surface area contributed by atoms with Crippen LogP contribution in [0, 0.1) is 5.92 Å². The van der Waals surface area contributed by atoms with Crippen LogP contribution in [0.15, 0.2) is 58.1 Å². The second-order valence-corrected chi connectivity index (χ2v) is 12.2. The van der Waals surface area contributed by atoms with Crippen molar-refractivity contribution in [2.75, 3.05) is 13.7 Å². The highest BCUT2D eigenvalue weighted by atomic mass is 32.2. The van der Waals surface area contributed by atoms with Crippen molar-refractivity contribution in [3.05, 3.63) is 54.4 Å². The molecule has 12 heteroatoms. The molecule has 1 aliphatic rings. The number of amides is 2. The molecule has 0 saturated carbocycles. The maximum atomic E-state index is 13.3. The number of rotatable bonds is 9. The van der Waals surface area contributed by atoms with Gasteiger partial charge in [-0.05, 0) is 68.5 Å². The fourth-order valence-electron chi connectivity index (χ4n) is 4.69. The van der Waals surface area contributed by atoms with E-state index in [0.29, 0.717) is 29.6 Å². The van der Waals surface area contributed by atoms with Gasteiger partial charge < -0.3 is 19.8 Å². The summed E-state index contributed by atoms with van der Waals surface area (Å²) in [5, 5.41) is 6.03. The summed E-state index contributed by atoms with van der Waals surface area (Å²) < 4.78 is 38.4. The zero-order valence-electron chi connectivity index (χ0n) is 22.9. The molecule has 1 aliphatic heterocycles. The number of pyridine rings is 1. The fraction of sp³-hybridized carbons (Fsp3) is 0.429. The second-order valence-electron chi connectivity index (χ2n) is 10.3. The van der Waals surface area contributed by atoms with Crippen molar-refractivity contribution in [1.29, 1.82) is 0 Å². The van der Waals surface area contributed by atoms with Crippen molar-refractivity contribution in [2.45, 2.75) is 63.2 Å². The van der Waals surface area contributed by atoms with Gasteiger partial charge in [-0.25, -0.2) is 13.4 Å². The van der Waals surface area contributed by atoms with E-state index in [1.54, 1.807) is 50.4 Å². The van der Waals surface area contributed by atoms with Crippen LogP contribution in [0.1, 0.15) is 50.6 Å². The number of fused-ring (bicyclic) bond motifs is 1. The second kappa shape index (κ2) is 12.2. The maximum absolute atomic E-state index is 13.3. The molecule has 2 N–H and O–H groups in total. The number of nitrogens with one attached hydrogen (secondary N) is 2. The van der Waals surface area contributed by atoms with Crippen LogP contribution in [0.3, 0.4) is 0 Å². The Morgan fingerprint density at radius 3 is 2.62 bits per heavy atom. The van der Waals surface area contributed by atoms with Gasteiger partial charge in [0.2, 0.25) is 5.91 Å². The maximum Gasteiger partial charge on any atom is 0.287 e. The number of aromatic nitrogens is 1. The van der Waals surface area contributed by atoms with Gasteiger partial charge in [0.05, 0.1) is 19.7 Å². The average molecular weight is 571 g/mol. The van der Waals surface area contributed by atoms with Crippen molar-refractivity contribution < 1.29 is 32.0 Å². The first-order valence-corrected chi connectivity index (χ1v) is 14.6. The first-order valence-electron chi connectivity index (χ1n) is 13.1. The first kappa shape index (κ1) is 29.2. The number of hydrogen-bond acceptors (Lipinski definition) is 8. The van der Waals surface area contributed by atoms with E-state index in [-0.39, 0.29) is 23.1 Å². The Kier molecular flexibility index (Phi) is 8.89. The third-order valence-corrected chi connectivity index (χ3v) is 8.75. The molecule has 1 saturated heterocycles. The molecule has 1 fully saturated rings. The monoisotopic (exact) mass is 570 g/mol. The molecular formula is C28H34N4O7S. The van der Waals surface area contributed by atoms with Crippen LogP contribution in [-0.4, -0.2) is 67.1 Å². The molecule has 0 bridgehead atoms. The highest BCUT2D eigenvalue weighted by Gasteiger charge is 2.38. The SMILES string of the molecule is COc1ccc2oc(C(=O)N[C@@H](CC(C)C)C(=O)N[C@H]3CC[C@@H](C)N(S(=O)(=O)c4ccccn4)CC3=O)cc2c1. The number of furan rings is 1. The van der Waals surface area contributed by atoms with Gasteiger partial charge in [-0.15, -0.1) is 0 Å². The lowest BCUT2D eigenvalue weighted by molar-refractivity contribution is -0.129. The Hall–Kier alpha value is -3.77. The third kappa shape index (κ3) is 6.50. The van der Waals surface area contributed by atoms with Crippen molar-refractivity contribution in [1.82, 2.24) is 19.9 Å². The van der Waals surface area contributed by atoms with Gasteiger partial charge in [-0.2, -0.15) is 4.31 Å². The molecule has 0 unspecified atom stereocenters. The normalized spacial score (nSPS) is 19.3. The van der Waals surface area contributed by atoms with Gasteiger partial charge in [-0.3, -0.25) is 14.4 Å². The summed E-state index contributed by atoms with van der Waals surface area (Å²) in [6, 6.07) is 8.98. The lowest BCUT2D eigenvalue weighted by Crippen LogP contribution is -2.52. The lowest BCUT2D eigenvalue weighted by Gasteiger charge is -2.25. The number of benzene rings is 1. The van der Waals surface area contributed by atoms with Gasteiger partial charge in [0.25, 0.3) is 15.9 Å². The van der Waals surface area contributed by atoms with Crippen LogP contribution in [-0.2, 0) is 19.6 Å². The summed E-state index contributed by atoms with van der Waals surface area (Å²) in [4.78, 5) is 43.5. The number of methoxy groups -OCH3 is 1. The fourth-order valence-corrected chi connectivity index (χ4v) is 6.25. The molecule has 214 valence electrons. The number of Topliss-reactive ketones (excluding diaryl/α,β-unsaturated/α-hetero) is 1. The van der Waals surface area contributed by atoms with Crippen LogP contribution in [0.25, 0.3) is 11.0 Å². The topological polar surface area (TPSA) is 148 Å². The largest absolute Gasteiger partial charge is 0.497 e. The van der Waals surface area contributed by atoms with E-state index in [1.165, 1.54) is 12.3 Å². The smallest absolute Gasteiger partial charge is 0.287 e. The predicted molar refractivity (Wildman–Crippen MR) is 147 cm³/mol. The molecule has 3 atom stereocenters. The minimum atomic E-state index is -4.00. The molecule has 1 aromatic carbocycles. The number of ketones is 1. The summed E-state index contributed by atoms with van der Waals surface area (Å²) in [6.45, 7) is 5.16. The summed E-state index contributed by atoms with van der Waals surface area (Å²) in [7, 11) is -2.46. The number of nitrogens with zero attached hydrogens (tertiary/aromatic N) is 2. The van der Waals surface area contributed by atoms with Crippen molar-refractivity contribution >= 4 is 38.6 Å². The zero-order valence-corrected chi connectivity index (χ0v) is 23.7. The Morgan fingerprint density at radius 1 is 1.18 bits per heavy atom. The Bertz CT molecular complexity index is 1490. The van der Waals surface area contributed by atoms with Gasteiger partial charge in [0, 0.05) is 17.6 Å². The van der Waals surface area contributed by atoms with Gasteiger partial charge in [0.1, 0.15) is 17.4 Å². The molecule has 40 heavy (non-hydrogen) atoms. The minimum absolute atomic E-state index is 0.0412. The molecule has 0 radical (unpaired) electrons. The van der Waals surface area contributed by atoms with Crippen molar-refractivity contribution in [2.24, 2.45) is 5.92 Å². The van der Waals surface area contributed by atoms with Crippen LogP contribution < -0.4 is 15.4 Å². The van der Waals surface area contributed by atoms with Crippen molar-refractivity contribution in [3.63, 3.8) is 0 Å². The molecule has 3 heterocycles. The number of hydrogen-bond donors (Lipinski definition) is 2. The van der Waals surface area contributed by atoms with E-state index in [1.807, 2.05) is 13.8 Å². The van der Waals surface area contributed by atoms with E-state index in [4.69, 9.17) is 9.15 Å². The molecule has 4 rings (SSSR count). The average Bonchev–Trinajstić information content (AvgIpc) is 3.30. The van der Waals surface area contributed by atoms with Crippen molar-refractivity contribution in [3.8, 4) is 5.75 Å². The molecular weight excluding hydrogens is 536 g/mol. The van der Waals surface area contributed by atoms with E-state index < -0.39 is 52.3 Å². The number of ether oxygens (including phenoxy) is 1. The Labute approximate surface area is 233 Å². The first-order chi connectivity index (χ1) is 19.0. The zero-order chi connectivity index (χ0) is 29.0. The van der Waals surface area contributed by atoms with Gasteiger partial charge in [0.15, 0.2) is 16.6 Å². The lowest BCUT2D eigenvalue weighted by atomic mass is 10.0.